The van der Waals surface area contributed by atoms with Crippen LogP contribution in [0.5, 0.6) is 0 Å². The average molecular weight is 391 g/mol. The van der Waals surface area contributed by atoms with Crippen LogP contribution in [0.25, 0.3) is 0 Å². The fraction of sp³-hybridized carbons (Fsp3) is 0.524. The van der Waals surface area contributed by atoms with E-state index in [1.807, 2.05) is 0 Å². The molecule has 1 aromatic rings. The van der Waals surface area contributed by atoms with Gasteiger partial charge in [-0.1, -0.05) is 18.2 Å². The minimum atomic E-state index is -0.990. The number of likely N-dealkylation sites (tertiary alicyclic amines) is 1. The quantitative estimate of drug-likeness (QED) is 0.722. The Hall–Kier alpha value is -2.57. The Balaban J connectivity index is 1.88. The number of nitrogens with zero attached hydrogens (tertiary/aromatic N) is 1. The van der Waals surface area contributed by atoms with E-state index >= 15 is 0 Å². The number of piperidine rings is 1. The number of rotatable bonds is 5. The van der Waals surface area contributed by atoms with Crippen molar-refractivity contribution in [3.8, 4) is 0 Å². The predicted molar refractivity (Wildman–Crippen MR) is 99.6 cm³/mol. The lowest BCUT2D eigenvalue weighted by Crippen LogP contribution is -2.52. The third kappa shape index (κ3) is 4.13. The molecule has 0 radical (unpaired) electrons. The predicted octanol–water partition coefficient (Wildman–Crippen LogP) is 2.82. The van der Waals surface area contributed by atoms with Gasteiger partial charge in [0, 0.05) is 13.1 Å². The van der Waals surface area contributed by atoms with E-state index in [4.69, 9.17) is 14.2 Å². The number of esters is 1. The molecule has 152 valence electrons. The summed E-state index contributed by atoms with van der Waals surface area (Å²) in [4.78, 5) is 27.5. The highest BCUT2D eigenvalue weighted by atomic mass is 19.1. The second-order valence-corrected chi connectivity index (χ2v) is 7.18. The number of allylic oxidation sites excluding steroid dienone is 1. The van der Waals surface area contributed by atoms with Crippen LogP contribution in [0, 0.1) is 11.2 Å². The van der Waals surface area contributed by atoms with Gasteiger partial charge in [0.25, 0.3) is 5.91 Å². The van der Waals surface area contributed by atoms with Crippen molar-refractivity contribution < 1.29 is 28.2 Å². The van der Waals surface area contributed by atoms with Crippen LogP contribution in [0.15, 0.2) is 35.8 Å². The van der Waals surface area contributed by atoms with Gasteiger partial charge in [0.1, 0.15) is 24.8 Å². The number of hydrogen-bond acceptors (Lipinski definition) is 5. The molecular formula is C21H26FNO5. The monoisotopic (exact) mass is 391 g/mol. The van der Waals surface area contributed by atoms with E-state index in [0.717, 1.165) is 0 Å². The largest absolute Gasteiger partial charge is 0.491 e. The number of carbonyl (C=O) groups excluding carboxylic acids is 2. The average Bonchev–Trinajstić information content (AvgIpc) is 2.70. The Morgan fingerprint density at radius 3 is 2.71 bits per heavy atom. The van der Waals surface area contributed by atoms with Crippen molar-refractivity contribution in [3.63, 3.8) is 0 Å². The van der Waals surface area contributed by atoms with Gasteiger partial charge in [0.15, 0.2) is 0 Å². The Labute approximate surface area is 164 Å². The molecule has 1 fully saturated rings. The van der Waals surface area contributed by atoms with Gasteiger partial charge in [-0.2, -0.15) is 0 Å². The Morgan fingerprint density at radius 1 is 1.25 bits per heavy atom. The van der Waals surface area contributed by atoms with E-state index in [1.54, 1.807) is 36.9 Å². The van der Waals surface area contributed by atoms with Crippen LogP contribution in [0.4, 0.5) is 4.39 Å². The van der Waals surface area contributed by atoms with Crippen LogP contribution in [0.2, 0.25) is 0 Å². The van der Waals surface area contributed by atoms with Gasteiger partial charge in [-0.25, -0.2) is 4.39 Å². The topological polar surface area (TPSA) is 65.1 Å². The molecule has 7 heteroatoms. The fourth-order valence-electron chi connectivity index (χ4n) is 3.84. The SMILES string of the molecule is CCOC(=O)C1(Cc2ccccc2F)CCCN(C(=O)C2=C(C)OCCO2)C1. The molecule has 1 amide bonds. The van der Waals surface area contributed by atoms with Gasteiger partial charge < -0.3 is 19.1 Å². The molecule has 0 N–H and O–H groups in total. The molecule has 2 aliphatic rings. The Kier molecular flexibility index (Phi) is 6.21. The number of ether oxygens (including phenoxy) is 3. The smallest absolute Gasteiger partial charge is 0.314 e. The van der Waals surface area contributed by atoms with Crippen molar-refractivity contribution in [3.05, 3.63) is 47.2 Å². The highest BCUT2D eigenvalue weighted by Gasteiger charge is 2.46. The Morgan fingerprint density at radius 2 is 2.00 bits per heavy atom. The highest BCUT2D eigenvalue weighted by Crippen LogP contribution is 2.36. The first-order valence-electron chi connectivity index (χ1n) is 9.63. The van der Waals surface area contributed by atoms with E-state index in [2.05, 4.69) is 0 Å². The zero-order valence-electron chi connectivity index (χ0n) is 16.3. The van der Waals surface area contributed by atoms with Crippen molar-refractivity contribution in [1.82, 2.24) is 4.90 Å². The summed E-state index contributed by atoms with van der Waals surface area (Å²) in [5, 5.41) is 0. The lowest BCUT2D eigenvalue weighted by molar-refractivity contribution is -0.161. The zero-order valence-corrected chi connectivity index (χ0v) is 16.3. The van der Waals surface area contributed by atoms with E-state index in [-0.39, 0.29) is 37.1 Å². The van der Waals surface area contributed by atoms with Crippen LogP contribution in [-0.2, 0) is 30.2 Å². The summed E-state index contributed by atoms with van der Waals surface area (Å²) < 4.78 is 30.5. The molecule has 1 saturated heterocycles. The van der Waals surface area contributed by atoms with Gasteiger partial charge >= 0.3 is 5.97 Å². The van der Waals surface area contributed by atoms with Gasteiger partial charge in [0.05, 0.1) is 12.0 Å². The molecule has 2 aliphatic heterocycles. The van der Waals surface area contributed by atoms with Crippen molar-refractivity contribution in [1.29, 1.82) is 0 Å². The minimum Gasteiger partial charge on any atom is -0.491 e. The molecule has 1 unspecified atom stereocenters. The van der Waals surface area contributed by atoms with E-state index < -0.39 is 11.4 Å². The van der Waals surface area contributed by atoms with E-state index in [9.17, 15) is 14.0 Å². The summed E-state index contributed by atoms with van der Waals surface area (Å²) in [6, 6.07) is 6.40. The maximum Gasteiger partial charge on any atom is 0.314 e. The highest BCUT2D eigenvalue weighted by molar-refractivity contribution is 5.92. The molecule has 1 aromatic carbocycles. The standard InChI is InChI=1S/C21H26FNO5/c1-3-26-20(25)21(13-16-7-4-5-8-17(16)22)9-6-10-23(14-21)19(24)18-15(2)27-11-12-28-18/h4-5,7-8H,3,6,9-14H2,1-2H3. The second-order valence-electron chi connectivity index (χ2n) is 7.18. The van der Waals surface area contributed by atoms with Crippen molar-refractivity contribution >= 4 is 11.9 Å². The molecule has 2 heterocycles. The summed E-state index contributed by atoms with van der Waals surface area (Å²) in [5.74, 6) is -0.451. The number of halogens is 1. The number of hydrogen-bond donors (Lipinski definition) is 0. The lowest BCUT2D eigenvalue weighted by Gasteiger charge is -2.41. The molecular weight excluding hydrogens is 365 g/mol. The maximum atomic E-state index is 14.3. The van der Waals surface area contributed by atoms with E-state index in [1.165, 1.54) is 6.07 Å². The van der Waals surface area contributed by atoms with Crippen LogP contribution < -0.4 is 0 Å². The first kappa shape index (κ1) is 20.2. The maximum absolute atomic E-state index is 14.3. The first-order chi connectivity index (χ1) is 13.5. The zero-order chi connectivity index (χ0) is 20.1. The van der Waals surface area contributed by atoms with Gasteiger partial charge in [-0.15, -0.1) is 0 Å². The fourth-order valence-corrected chi connectivity index (χ4v) is 3.84. The lowest BCUT2D eigenvalue weighted by atomic mass is 9.75. The second kappa shape index (κ2) is 8.63. The van der Waals surface area contributed by atoms with Crippen LogP contribution in [-0.4, -0.2) is 49.7 Å². The third-order valence-corrected chi connectivity index (χ3v) is 5.22. The van der Waals surface area contributed by atoms with Crippen molar-refractivity contribution in [2.75, 3.05) is 32.9 Å². The van der Waals surface area contributed by atoms with Gasteiger partial charge in [-0.05, 0) is 44.7 Å². The Bertz CT molecular complexity index is 778. The normalized spacial score (nSPS) is 22.3. The molecule has 28 heavy (non-hydrogen) atoms. The van der Waals surface area contributed by atoms with Crippen molar-refractivity contribution in [2.45, 2.75) is 33.1 Å². The molecule has 0 spiro atoms. The molecule has 0 aliphatic carbocycles. The summed E-state index contributed by atoms with van der Waals surface area (Å²) in [6.45, 7) is 5.02. The molecule has 0 saturated carbocycles. The van der Waals surface area contributed by atoms with Crippen molar-refractivity contribution in [2.24, 2.45) is 5.41 Å². The summed E-state index contributed by atoms with van der Waals surface area (Å²) in [5.41, 5.74) is -0.548. The summed E-state index contributed by atoms with van der Waals surface area (Å²) in [6.07, 6.45) is 1.32. The molecule has 6 nitrogen and oxygen atoms in total. The number of benzene rings is 1. The molecule has 1 atom stereocenters. The third-order valence-electron chi connectivity index (χ3n) is 5.22. The first-order valence-corrected chi connectivity index (χ1v) is 9.63. The molecule has 3 rings (SSSR count). The van der Waals surface area contributed by atoms with Crippen LogP contribution in [0.1, 0.15) is 32.3 Å². The number of amides is 1. The summed E-state index contributed by atoms with van der Waals surface area (Å²) >= 11 is 0. The van der Waals surface area contributed by atoms with Crippen LogP contribution in [0.3, 0.4) is 0 Å². The van der Waals surface area contributed by atoms with E-state index in [0.29, 0.717) is 43.9 Å². The number of carbonyl (C=O) groups is 2. The molecule has 0 bridgehead atoms. The summed E-state index contributed by atoms with van der Waals surface area (Å²) in [7, 11) is 0. The van der Waals surface area contributed by atoms with Crippen LogP contribution >= 0.6 is 0 Å². The van der Waals surface area contributed by atoms with Gasteiger partial charge in [-0.3, -0.25) is 9.59 Å². The van der Waals surface area contributed by atoms with Gasteiger partial charge in [0.2, 0.25) is 5.76 Å². The minimum absolute atomic E-state index is 0.152. The molecule has 0 aromatic heterocycles.